The van der Waals surface area contributed by atoms with Crippen molar-refractivity contribution in [3.63, 3.8) is 0 Å². The minimum absolute atomic E-state index is 0.0681. The van der Waals surface area contributed by atoms with E-state index in [0.29, 0.717) is 25.1 Å². The van der Waals surface area contributed by atoms with Gasteiger partial charge in [-0.2, -0.15) is 5.10 Å². The van der Waals surface area contributed by atoms with Crippen LogP contribution in [0.1, 0.15) is 33.7 Å². The summed E-state index contributed by atoms with van der Waals surface area (Å²) in [7, 11) is 1.75. The van der Waals surface area contributed by atoms with Crippen molar-refractivity contribution in [3.05, 3.63) is 52.8 Å². The van der Waals surface area contributed by atoms with E-state index in [-0.39, 0.29) is 17.9 Å². The van der Waals surface area contributed by atoms with Crippen LogP contribution in [0.15, 0.2) is 30.3 Å². The average Bonchev–Trinajstić information content (AvgIpc) is 3.01. The minimum Gasteiger partial charge on any atom is -0.347 e. The van der Waals surface area contributed by atoms with Gasteiger partial charge in [0.2, 0.25) is 5.91 Å². The Morgan fingerprint density at radius 1 is 1.33 bits per heavy atom. The molecule has 24 heavy (non-hydrogen) atoms. The Balaban J connectivity index is 1.69. The lowest BCUT2D eigenvalue weighted by Gasteiger charge is -2.13. The van der Waals surface area contributed by atoms with Crippen LogP contribution in [0.2, 0.25) is 0 Å². The third kappa shape index (κ3) is 3.48. The summed E-state index contributed by atoms with van der Waals surface area (Å²) >= 11 is 0. The van der Waals surface area contributed by atoms with Crippen LogP contribution < -0.4 is 5.32 Å². The molecule has 2 amide bonds. The monoisotopic (exact) mass is 326 g/mol. The second-order valence-electron chi connectivity index (χ2n) is 6.43. The molecular formula is C18H22N4O2. The van der Waals surface area contributed by atoms with Crippen molar-refractivity contribution in [1.29, 1.82) is 0 Å². The Morgan fingerprint density at radius 3 is 2.75 bits per heavy atom. The summed E-state index contributed by atoms with van der Waals surface area (Å²) in [5, 5.41) is 7.39. The van der Waals surface area contributed by atoms with Gasteiger partial charge < -0.3 is 10.2 Å². The van der Waals surface area contributed by atoms with Crippen molar-refractivity contribution >= 4 is 11.8 Å². The van der Waals surface area contributed by atoms with Crippen molar-refractivity contribution in [2.45, 2.75) is 32.9 Å². The van der Waals surface area contributed by atoms with Crippen LogP contribution in [0.25, 0.3) is 0 Å². The highest BCUT2D eigenvalue weighted by atomic mass is 16.2. The molecule has 1 saturated heterocycles. The maximum absolute atomic E-state index is 12.4. The van der Waals surface area contributed by atoms with Crippen LogP contribution in [0.4, 0.5) is 0 Å². The van der Waals surface area contributed by atoms with E-state index in [1.54, 1.807) is 18.0 Å². The van der Waals surface area contributed by atoms with E-state index in [4.69, 9.17) is 0 Å². The molecule has 1 aromatic carbocycles. The average molecular weight is 326 g/mol. The fourth-order valence-electron chi connectivity index (χ4n) is 3.05. The molecule has 1 fully saturated rings. The number of amides is 2. The molecule has 0 spiro atoms. The molecule has 2 heterocycles. The second-order valence-corrected chi connectivity index (χ2v) is 6.43. The van der Waals surface area contributed by atoms with Crippen LogP contribution >= 0.6 is 0 Å². The fourth-order valence-corrected chi connectivity index (χ4v) is 3.05. The number of nitrogens with zero attached hydrogens (tertiary/aromatic N) is 3. The lowest BCUT2D eigenvalue weighted by atomic mass is 10.1. The molecule has 126 valence electrons. The van der Waals surface area contributed by atoms with Gasteiger partial charge in [-0.3, -0.25) is 14.3 Å². The molecule has 1 atom stereocenters. The molecule has 6 heteroatoms. The molecule has 1 aromatic heterocycles. The number of nitrogens with one attached hydrogen (secondary N) is 1. The molecule has 2 aromatic rings. The molecule has 1 N–H and O–H groups in total. The maximum Gasteiger partial charge on any atom is 0.251 e. The van der Waals surface area contributed by atoms with Gasteiger partial charge in [0.1, 0.15) is 0 Å². The maximum atomic E-state index is 12.4. The largest absolute Gasteiger partial charge is 0.347 e. The molecule has 6 nitrogen and oxygen atoms in total. The van der Waals surface area contributed by atoms with Gasteiger partial charge in [-0.05, 0) is 37.6 Å². The number of likely N-dealkylation sites (tertiary alicyclic amines) is 1. The highest BCUT2D eigenvalue weighted by molar-refractivity contribution is 5.95. The topological polar surface area (TPSA) is 67.2 Å². The van der Waals surface area contributed by atoms with Crippen LogP contribution in [-0.4, -0.2) is 46.1 Å². The zero-order valence-corrected chi connectivity index (χ0v) is 14.2. The Hall–Kier alpha value is -2.63. The Kier molecular flexibility index (Phi) is 4.38. The molecule has 0 bridgehead atoms. The molecule has 1 aliphatic heterocycles. The van der Waals surface area contributed by atoms with Gasteiger partial charge in [-0.15, -0.1) is 0 Å². The van der Waals surface area contributed by atoms with Crippen molar-refractivity contribution in [2.75, 3.05) is 13.6 Å². The number of hydrogen-bond donors (Lipinski definition) is 1. The van der Waals surface area contributed by atoms with Crippen LogP contribution in [-0.2, 0) is 11.3 Å². The highest BCUT2D eigenvalue weighted by Crippen LogP contribution is 2.12. The summed E-state index contributed by atoms with van der Waals surface area (Å²) < 4.78 is 1.93. The van der Waals surface area contributed by atoms with Crippen LogP contribution in [0, 0.1) is 13.8 Å². The summed E-state index contributed by atoms with van der Waals surface area (Å²) in [5.74, 6) is -0.0723. The molecule has 0 unspecified atom stereocenters. The number of likely N-dealkylation sites (N-methyl/N-ethyl adjacent to an activating group) is 1. The van der Waals surface area contributed by atoms with Crippen molar-refractivity contribution in [2.24, 2.45) is 0 Å². The lowest BCUT2D eigenvalue weighted by molar-refractivity contribution is -0.126. The third-order valence-electron chi connectivity index (χ3n) is 4.30. The number of carbonyl (C=O) groups is 2. The fraction of sp³-hybridized carbons (Fsp3) is 0.389. The molecule has 0 saturated carbocycles. The number of rotatable bonds is 4. The van der Waals surface area contributed by atoms with Gasteiger partial charge in [0.05, 0.1) is 18.3 Å². The van der Waals surface area contributed by atoms with Gasteiger partial charge in [0.25, 0.3) is 5.91 Å². The number of aromatic nitrogens is 2. The molecule has 3 rings (SSSR count). The Labute approximate surface area is 141 Å². The van der Waals surface area contributed by atoms with Crippen molar-refractivity contribution in [1.82, 2.24) is 20.0 Å². The zero-order chi connectivity index (χ0) is 17.3. The number of hydrogen-bond acceptors (Lipinski definition) is 3. The number of aryl methyl sites for hydroxylation is 2. The Bertz CT molecular complexity index is 781. The predicted molar refractivity (Wildman–Crippen MR) is 90.8 cm³/mol. The second kappa shape index (κ2) is 6.47. The third-order valence-corrected chi connectivity index (χ3v) is 4.30. The molecular weight excluding hydrogens is 304 g/mol. The summed E-state index contributed by atoms with van der Waals surface area (Å²) in [6, 6.07) is 9.45. The summed E-state index contributed by atoms with van der Waals surface area (Å²) in [6.45, 7) is 5.18. The lowest BCUT2D eigenvalue weighted by Crippen LogP contribution is -2.36. The minimum atomic E-state index is -0.140. The van der Waals surface area contributed by atoms with Gasteiger partial charge in [-0.25, -0.2) is 0 Å². The number of carbonyl (C=O) groups excluding carboxylic acids is 2. The van der Waals surface area contributed by atoms with E-state index >= 15 is 0 Å². The first-order chi connectivity index (χ1) is 11.4. The summed E-state index contributed by atoms with van der Waals surface area (Å²) in [6.07, 6.45) is 0.369. The predicted octanol–water partition coefficient (Wildman–Crippen LogP) is 1.51. The standard InChI is InChI=1S/C18H22N4O2/c1-12-7-13(2)22(20-12)10-14-5-4-6-15(8-14)18(24)19-16-9-17(23)21(3)11-16/h4-8,16H,9-11H2,1-3H3,(H,19,24)/t16-/m0/s1. The molecule has 1 aliphatic rings. The van der Waals surface area contributed by atoms with Gasteiger partial charge in [0.15, 0.2) is 0 Å². The highest BCUT2D eigenvalue weighted by Gasteiger charge is 2.28. The summed E-state index contributed by atoms with van der Waals surface area (Å²) in [5.41, 5.74) is 3.70. The quantitative estimate of drug-likeness (QED) is 0.926. The van der Waals surface area contributed by atoms with Gasteiger partial charge >= 0.3 is 0 Å². The molecule has 0 aliphatic carbocycles. The smallest absolute Gasteiger partial charge is 0.251 e. The first kappa shape index (κ1) is 16.2. The first-order valence-electron chi connectivity index (χ1n) is 8.07. The summed E-state index contributed by atoms with van der Waals surface area (Å²) in [4.78, 5) is 25.6. The van der Waals surface area contributed by atoms with E-state index in [0.717, 1.165) is 17.0 Å². The van der Waals surface area contributed by atoms with E-state index in [9.17, 15) is 9.59 Å². The SMILES string of the molecule is Cc1cc(C)n(Cc2cccc(C(=O)N[C@H]3CC(=O)N(C)C3)c2)n1. The zero-order valence-electron chi connectivity index (χ0n) is 14.2. The van der Waals surface area contributed by atoms with Gasteiger partial charge in [0, 0.05) is 31.3 Å². The van der Waals surface area contributed by atoms with Gasteiger partial charge in [-0.1, -0.05) is 12.1 Å². The van der Waals surface area contributed by atoms with E-state index in [1.807, 2.05) is 42.8 Å². The van der Waals surface area contributed by atoms with Crippen molar-refractivity contribution < 1.29 is 9.59 Å². The van der Waals surface area contributed by atoms with Crippen molar-refractivity contribution in [3.8, 4) is 0 Å². The first-order valence-corrected chi connectivity index (χ1v) is 8.07. The molecule has 0 radical (unpaired) electrons. The van der Waals surface area contributed by atoms with E-state index in [1.165, 1.54) is 0 Å². The van der Waals surface area contributed by atoms with E-state index < -0.39 is 0 Å². The number of benzene rings is 1. The Morgan fingerprint density at radius 2 is 2.12 bits per heavy atom. The van der Waals surface area contributed by atoms with E-state index in [2.05, 4.69) is 10.4 Å². The van der Waals surface area contributed by atoms with Crippen LogP contribution in [0.3, 0.4) is 0 Å². The van der Waals surface area contributed by atoms with Crippen LogP contribution in [0.5, 0.6) is 0 Å². The normalized spacial score (nSPS) is 17.4.